The van der Waals surface area contributed by atoms with Crippen molar-refractivity contribution in [1.29, 1.82) is 0 Å². The van der Waals surface area contributed by atoms with E-state index in [1.165, 1.54) is 6.42 Å². The molecule has 1 N–H and O–H groups in total. The molecular weight excluding hydrogens is 400 g/mol. The second-order valence-corrected chi connectivity index (χ2v) is 9.02. The van der Waals surface area contributed by atoms with Gasteiger partial charge < -0.3 is 15.0 Å². The number of aryl methyl sites for hydroxylation is 2. The van der Waals surface area contributed by atoms with Gasteiger partial charge in [-0.05, 0) is 68.9 Å². The van der Waals surface area contributed by atoms with Crippen molar-refractivity contribution in [3.05, 3.63) is 64.7 Å². The van der Waals surface area contributed by atoms with Crippen molar-refractivity contribution in [2.75, 3.05) is 6.61 Å². The molecule has 1 fully saturated rings. The number of nitrogens with zero attached hydrogens (tertiary/aromatic N) is 1. The molecule has 0 spiro atoms. The molecule has 1 saturated carbocycles. The molecular formula is C27H36N2O3. The van der Waals surface area contributed by atoms with Crippen LogP contribution in [-0.2, 0) is 16.1 Å². The molecule has 0 aromatic heterocycles. The van der Waals surface area contributed by atoms with Gasteiger partial charge in [-0.3, -0.25) is 9.59 Å². The molecule has 2 amide bonds. The number of rotatable bonds is 8. The van der Waals surface area contributed by atoms with Crippen molar-refractivity contribution in [3.8, 4) is 5.75 Å². The lowest BCUT2D eigenvalue weighted by Gasteiger charge is -2.31. The van der Waals surface area contributed by atoms with Crippen LogP contribution in [0.2, 0.25) is 0 Å². The third kappa shape index (κ3) is 6.35. The van der Waals surface area contributed by atoms with Crippen LogP contribution in [0.25, 0.3) is 0 Å². The van der Waals surface area contributed by atoms with Gasteiger partial charge in [0.15, 0.2) is 6.61 Å². The Morgan fingerprint density at radius 3 is 2.44 bits per heavy atom. The number of nitrogens with one attached hydrogen (secondary N) is 1. The van der Waals surface area contributed by atoms with Gasteiger partial charge in [-0.2, -0.15) is 0 Å². The van der Waals surface area contributed by atoms with E-state index in [1.807, 2.05) is 57.2 Å². The number of carbonyl (C=O) groups excluding carboxylic acids is 2. The van der Waals surface area contributed by atoms with E-state index in [9.17, 15) is 9.59 Å². The molecule has 2 aromatic carbocycles. The van der Waals surface area contributed by atoms with E-state index in [0.717, 1.165) is 53.7 Å². The Hall–Kier alpha value is -2.82. The maximum Gasteiger partial charge on any atom is 0.261 e. The number of hydrogen-bond donors (Lipinski definition) is 1. The number of benzene rings is 2. The van der Waals surface area contributed by atoms with Crippen molar-refractivity contribution in [2.45, 2.75) is 78.4 Å². The molecule has 0 bridgehead atoms. The van der Waals surface area contributed by atoms with Gasteiger partial charge in [-0.1, -0.05) is 55.7 Å². The van der Waals surface area contributed by atoms with E-state index < -0.39 is 6.04 Å². The van der Waals surface area contributed by atoms with Gasteiger partial charge in [0.25, 0.3) is 5.91 Å². The highest BCUT2D eigenvalue weighted by atomic mass is 16.5. The molecule has 2 aromatic rings. The van der Waals surface area contributed by atoms with Crippen LogP contribution in [0.15, 0.2) is 42.5 Å². The average Bonchev–Trinajstić information content (AvgIpc) is 2.79. The quantitative estimate of drug-likeness (QED) is 0.643. The normalized spacial score (nSPS) is 15.1. The maximum absolute atomic E-state index is 13.3. The minimum Gasteiger partial charge on any atom is -0.483 e. The van der Waals surface area contributed by atoms with E-state index in [4.69, 9.17) is 4.74 Å². The molecule has 0 unspecified atom stereocenters. The van der Waals surface area contributed by atoms with Gasteiger partial charge in [0, 0.05) is 12.6 Å². The maximum atomic E-state index is 13.3. The van der Waals surface area contributed by atoms with Gasteiger partial charge in [-0.15, -0.1) is 0 Å². The van der Waals surface area contributed by atoms with Gasteiger partial charge in [-0.25, -0.2) is 0 Å². The molecule has 1 aliphatic carbocycles. The Balaban J connectivity index is 1.72. The van der Waals surface area contributed by atoms with Crippen molar-refractivity contribution in [1.82, 2.24) is 10.2 Å². The Kier molecular flexibility index (Phi) is 8.32. The first-order chi connectivity index (χ1) is 15.3. The van der Waals surface area contributed by atoms with Crippen LogP contribution >= 0.6 is 0 Å². The fourth-order valence-electron chi connectivity index (χ4n) is 4.30. The van der Waals surface area contributed by atoms with Crippen molar-refractivity contribution >= 4 is 11.8 Å². The van der Waals surface area contributed by atoms with Crippen LogP contribution in [0.1, 0.15) is 61.3 Å². The number of carbonyl (C=O) groups is 2. The molecule has 0 saturated heterocycles. The van der Waals surface area contributed by atoms with Crippen LogP contribution in [0.5, 0.6) is 5.75 Å². The van der Waals surface area contributed by atoms with Crippen molar-refractivity contribution < 1.29 is 14.3 Å². The van der Waals surface area contributed by atoms with Crippen LogP contribution in [0.3, 0.4) is 0 Å². The molecule has 1 aliphatic rings. The lowest BCUT2D eigenvalue weighted by molar-refractivity contribution is -0.142. The second-order valence-electron chi connectivity index (χ2n) is 9.02. The Morgan fingerprint density at radius 2 is 1.75 bits per heavy atom. The van der Waals surface area contributed by atoms with Crippen LogP contribution in [-0.4, -0.2) is 35.4 Å². The van der Waals surface area contributed by atoms with Crippen LogP contribution in [0, 0.1) is 20.8 Å². The summed E-state index contributed by atoms with van der Waals surface area (Å²) in [6, 6.07) is 13.5. The fourth-order valence-corrected chi connectivity index (χ4v) is 4.30. The summed E-state index contributed by atoms with van der Waals surface area (Å²) in [6.45, 7) is 8.13. The highest BCUT2D eigenvalue weighted by Crippen LogP contribution is 2.24. The van der Waals surface area contributed by atoms with E-state index >= 15 is 0 Å². The second kappa shape index (κ2) is 11.2. The summed E-state index contributed by atoms with van der Waals surface area (Å²) in [4.78, 5) is 27.9. The number of amides is 2. The summed E-state index contributed by atoms with van der Waals surface area (Å²) in [7, 11) is 0. The Labute approximate surface area is 192 Å². The van der Waals surface area contributed by atoms with E-state index in [-0.39, 0.29) is 24.5 Å². The number of ether oxygens (including phenoxy) is 1. The van der Waals surface area contributed by atoms with Crippen molar-refractivity contribution in [2.24, 2.45) is 0 Å². The lowest BCUT2D eigenvalue weighted by Crippen LogP contribution is -2.51. The Bertz CT molecular complexity index is 920. The first kappa shape index (κ1) is 23.8. The first-order valence-electron chi connectivity index (χ1n) is 11.7. The van der Waals surface area contributed by atoms with Gasteiger partial charge in [0.2, 0.25) is 5.91 Å². The fraction of sp³-hybridized carbons (Fsp3) is 0.481. The first-order valence-corrected chi connectivity index (χ1v) is 11.7. The molecule has 1 atom stereocenters. The van der Waals surface area contributed by atoms with Gasteiger partial charge >= 0.3 is 0 Å². The zero-order valence-electron chi connectivity index (χ0n) is 19.8. The number of hydrogen-bond acceptors (Lipinski definition) is 3. The van der Waals surface area contributed by atoms with E-state index in [2.05, 4.69) is 11.4 Å². The molecule has 5 nitrogen and oxygen atoms in total. The summed E-state index contributed by atoms with van der Waals surface area (Å²) in [5.74, 6) is 0.428. The summed E-state index contributed by atoms with van der Waals surface area (Å²) in [5.41, 5.74) is 4.24. The monoisotopic (exact) mass is 436 g/mol. The average molecular weight is 437 g/mol. The van der Waals surface area contributed by atoms with Crippen molar-refractivity contribution in [3.63, 3.8) is 0 Å². The minimum atomic E-state index is -0.575. The van der Waals surface area contributed by atoms with Crippen LogP contribution < -0.4 is 10.1 Å². The summed E-state index contributed by atoms with van der Waals surface area (Å²) in [6.07, 6.45) is 5.56. The SMILES string of the molecule is Cc1cc(C)c(C)c(OCC(=O)N(Cc2ccccc2)[C@@H](C)C(=O)NC2CCCCC2)c1. The molecule has 0 radical (unpaired) electrons. The predicted molar refractivity (Wildman–Crippen MR) is 128 cm³/mol. The smallest absolute Gasteiger partial charge is 0.261 e. The molecule has 5 heteroatoms. The molecule has 3 rings (SSSR count). The standard InChI is InChI=1S/C27H36N2O3/c1-19-15-20(2)21(3)25(16-19)32-18-26(30)29(17-23-11-7-5-8-12-23)22(4)27(31)28-24-13-9-6-10-14-24/h5,7-8,11-12,15-16,22,24H,6,9-10,13-14,17-18H2,1-4H3,(H,28,31)/t22-/m0/s1. The zero-order valence-corrected chi connectivity index (χ0v) is 19.8. The zero-order chi connectivity index (χ0) is 23.1. The molecule has 0 heterocycles. The topological polar surface area (TPSA) is 58.6 Å². The van der Waals surface area contributed by atoms with E-state index in [0.29, 0.717) is 6.54 Å². The Morgan fingerprint density at radius 1 is 1.06 bits per heavy atom. The predicted octanol–water partition coefficient (Wildman–Crippen LogP) is 4.86. The van der Waals surface area contributed by atoms with Crippen LogP contribution in [0.4, 0.5) is 0 Å². The summed E-state index contributed by atoms with van der Waals surface area (Å²) >= 11 is 0. The van der Waals surface area contributed by atoms with Gasteiger partial charge in [0.1, 0.15) is 11.8 Å². The molecule has 32 heavy (non-hydrogen) atoms. The summed E-state index contributed by atoms with van der Waals surface area (Å²) < 4.78 is 5.94. The lowest BCUT2D eigenvalue weighted by atomic mass is 9.95. The summed E-state index contributed by atoms with van der Waals surface area (Å²) in [5, 5.41) is 3.16. The highest BCUT2D eigenvalue weighted by molar-refractivity contribution is 5.88. The third-order valence-corrected chi connectivity index (χ3v) is 6.43. The van der Waals surface area contributed by atoms with E-state index in [1.54, 1.807) is 11.8 Å². The molecule has 172 valence electrons. The van der Waals surface area contributed by atoms with Gasteiger partial charge in [0.05, 0.1) is 0 Å². The minimum absolute atomic E-state index is 0.0937. The largest absolute Gasteiger partial charge is 0.483 e. The third-order valence-electron chi connectivity index (χ3n) is 6.43. The molecule has 0 aliphatic heterocycles. The highest BCUT2D eigenvalue weighted by Gasteiger charge is 2.28.